The first kappa shape index (κ1) is 15.1. The van der Waals surface area contributed by atoms with Gasteiger partial charge in [0.2, 0.25) is 11.8 Å². The molecular weight excluding hydrogens is 316 g/mol. The summed E-state index contributed by atoms with van der Waals surface area (Å²) >= 11 is 3.17. The lowest BCUT2D eigenvalue weighted by atomic mass is 10.1. The van der Waals surface area contributed by atoms with Gasteiger partial charge in [-0.25, -0.2) is 0 Å². The number of fused-ring (bicyclic) bond motifs is 1. The highest BCUT2D eigenvalue weighted by molar-refractivity contribution is 8.01. The van der Waals surface area contributed by atoms with Gasteiger partial charge < -0.3 is 10.2 Å². The molecule has 0 atom stereocenters. The van der Waals surface area contributed by atoms with E-state index >= 15 is 0 Å². The van der Waals surface area contributed by atoms with Crippen molar-refractivity contribution in [3.8, 4) is 0 Å². The van der Waals surface area contributed by atoms with Crippen molar-refractivity contribution in [3.63, 3.8) is 0 Å². The number of anilines is 2. The molecule has 1 N–H and O–H groups in total. The average Bonchev–Trinajstić information content (AvgIpc) is 3.14. The van der Waals surface area contributed by atoms with E-state index in [0.717, 1.165) is 34.1 Å². The molecule has 1 aliphatic rings. The minimum absolute atomic E-state index is 0.0141. The third-order valence-corrected chi connectivity index (χ3v) is 5.61. The fourth-order valence-electron chi connectivity index (χ4n) is 2.49. The van der Waals surface area contributed by atoms with Gasteiger partial charge >= 0.3 is 0 Å². The van der Waals surface area contributed by atoms with Crippen LogP contribution in [-0.2, 0) is 16.0 Å². The lowest BCUT2D eigenvalue weighted by Crippen LogP contribution is -2.25. The van der Waals surface area contributed by atoms with Gasteiger partial charge in [0.05, 0.1) is 9.96 Å². The van der Waals surface area contributed by atoms with Crippen LogP contribution >= 0.6 is 23.1 Å². The van der Waals surface area contributed by atoms with E-state index in [1.807, 2.05) is 35.7 Å². The first-order chi connectivity index (χ1) is 10.6. The number of hydrogen-bond donors (Lipinski definition) is 1. The molecule has 6 heteroatoms. The quantitative estimate of drug-likeness (QED) is 0.873. The Balaban J connectivity index is 1.61. The van der Waals surface area contributed by atoms with Crippen LogP contribution in [0.4, 0.5) is 11.4 Å². The number of carbonyl (C=O) groups excluding carboxylic acids is 2. The van der Waals surface area contributed by atoms with Crippen molar-refractivity contribution >= 4 is 46.3 Å². The number of thioether (sulfide) groups is 1. The van der Waals surface area contributed by atoms with E-state index in [1.165, 1.54) is 11.8 Å². The fraction of sp³-hybridized carbons (Fsp3) is 0.250. The highest BCUT2D eigenvalue weighted by Gasteiger charge is 2.22. The highest BCUT2D eigenvalue weighted by atomic mass is 32.2. The lowest BCUT2D eigenvalue weighted by Gasteiger charge is -2.15. The Bertz CT molecular complexity index is 698. The monoisotopic (exact) mass is 332 g/mol. The Morgan fingerprint density at radius 2 is 2.23 bits per heavy atom. The van der Waals surface area contributed by atoms with Gasteiger partial charge in [-0.05, 0) is 41.6 Å². The third-order valence-electron chi connectivity index (χ3n) is 3.48. The third kappa shape index (κ3) is 3.34. The summed E-state index contributed by atoms with van der Waals surface area (Å²) in [5.41, 5.74) is 2.86. The number of amides is 2. The molecule has 4 nitrogen and oxygen atoms in total. The standard InChI is InChI=1S/C16H16N2O2S2/c1-11(19)18-7-6-12-9-13(4-5-14(12)18)17-15(20)10-22-16-3-2-8-21-16/h2-5,8-9H,6-7,10H2,1H3,(H,17,20). The van der Waals surface area contributed by atoms with Crippen LogP contribution in [0, 0.1) is 0 Å². The summed E-state index contributed by atoms with van der Waals surface area (Å²) in [6.07, 6.45) is 0.836. The second kappa shape index (κ2) is 6.54. The van der Waals surface area contributed by atoms with Crippen molar-refractivity contribution in [1.82, 2.24) is 0 Å². The van der Waals surface area contributed by atoms with Crippen LogP contribution < -0.4 is 10.2 Å². The van der Waals surface area contributed by atoms with Crippen LogP contribution in [-0.4, -0.2) is 24.1 Å². The number of carbonyl (C=O) groups is 2. The van der Waals surface area contributed by atoms with Crippen molar-refractivity contribution in [2.45, 2.75) is 17.6 Å². The Kier molecular flexibility index (Phi) is 4.49. The molecule has 1 aromatic carbocycles. The van der Waals surface area contributed by atoms with E-state index in [0.29, 0.717) is 5.75 Å². The molecule has 1 aliphatic heterocycles. The lowest BCUT2D eigenvalue weighted by molar-refractivity contribution is -0.116. The van der Waals surface area contributed by atoms with E-state index in [9.17, 15) is 9.59 Å². The van der Waals surface area contributed by atoms with Crippen LogP contribution in [0.25, 0.3) is 0 Å². The largest absolute Gasteiger partial charge is 0.325 e. The first-order valence-electron chi connectivity index (χ1n) is 7.00. The molecule has 114 valence electrons. The Hall–Kier alpha value is -1.79. The minimum Gasteiger partial charge on any atom is -0.325 e. The van der Waals surface area contributed by atoms with Gasteiger partial charge in [0.1, 0.15) is 0 Å². The molecule has 2 aromatic rings. The molecule has 1 aromatic heterocycles. The zero-order valence-electron chi connectivity index (χ0n) is 12.2. The van der Waals surface area contributed by atoms with Crippen molar-refractivity contribution in [2.24, 2.45) is 0 Å². The minimum atomic E-state index is -0.0141. The van der Waals surface area contributed by atoms with Crippen molar-refractivity contribution < 1.29 is 9.59 Å². The molecule has 22 heavy (non-hydrogen) atoms. The van der Waals surface area contributed by atoms with Gasteiger partial charge in [-0.2, -0.15) is 0 Å². The predicted molar refractivity (Wildman–Crippen MR) is 91.8 cm³/mol. The van der Waals surface area contributed by atoms with Crippen LogP contribution in [0.3, 0.4) is 0 Å². The van der Waals surface area contributed by atoms with E-state index in [2.05, 4.69) is 5.32 Å². The molecule has 0 aliphatic carbocycles. The average molecular weight is 332 g/mol. The fourth-order valence-corrected chi connectivity index (χ4v) is 4.07. The van der Waals surface area contributed by atoms with Crippen molar-refractivity contribution in [2.75, 3.05) is 22.5 Å². The summed E-state index contributed by atoms with van der Waals surface area (Å²) in [4.78, 5) is 25.3. The van der Waals surface area contributed by atoms with Gasteiger partial charge in [-0.3, -0.25) is 9.59 Å². The number of hydrogen-bond acceptors (Lipinski definition) is 4. The zero-order valence-corrected chi connectivity index (χ0v) is 13.8. The summed E-state index contributed by atoms with van der Waals surface area (Å²) in [6.45, 7) is 2.29. The Morgan fingerprint density at radius 3 is 2.95 bits per heavy atom. The molecule has 0 fully saturated rings. The summed E-state index contributed by atoms with van der Waals surface area (Å²) in [5.74, 6) is 0.444. The first-order valence-corrected chi connectivity index (χ1v) is 8.87. The van der Waals surface area contributed by atoms with Crippen LogP contribution in [0.2, 0.25) is 0 Å². The maximum absolute atomic E-state index is 12.0. The smallest absolute Gasteiger partial charge is 0.234 e. The Morgan fingerprint density at radius 1 is 1.36 bits per heavy atom. The molecule has 0 saturated heterocycles. The van der Waals surface area contributed by atoms with Gasteiger partial charge in [0.25, 0.3) is 0 Å². The molecule has 2 heterocycles. The van der Waals surface area contributed by atoms with Crippen LogP contribution in [0.15, 0.2) is 39.9 Å². The summed E-state index contributed by atoms with van der Waals surface area (Å²) in [5, 5.41) is 4.92. The highest BCUT2D eigenvalue weighted by Crippen LogP contribution is 2.30. The number of benzene rings is 1. The van der Waals surface area contributed by atoms with Crippen molar-refractivity contribution in [1.29, 1.82) is 0 Å². The number of nitrogens with zero attached hydrogens (tertiary/aromatic N) is 1. The SMILES string of the molecule is CC(=O)N1CCc2cc(NC(=O)CSc3cccs3)ccc21. The Labute approximate surface area is 137 Å². The van der Waals surface area contributed by atoms with E-state index < -0.39 is 0 Å². The number of thiophene rings is 1. The van der Waals surface area contributed by atoms with Gasteiger partial charge in [-0.1, -0.05) is 6.07 Å². The van der Waals surface area contributed by atoms with Gasteiger partial charge in [-0.15, -0.1) is 23.1 Å². The van der Waals surface area contributed by atoms with E-state index in [4.69, 9.17) is 0 Å². The molecule has 2 amide bonds. The van der Waals surface area contributed by atoms with E-state index in [-0.39, 0.29) is 11.8 Å². The van der Waals surface area contributed by atoms with Crippen LogP contribution in [0.5, 0.6) is 0 Å². The molecular formula is C16H16N2O2S2. The second-order valence-electron chi connectivity index (χ2n) is 5.03. The summed E-state index contributed by atoms with van der Waals surface area (Å²) in [7, 11) is 0. The predicted octanol–water partition coefficient (Wildman–Crippen LogP) is 3.39. The van der Waals surface area contributed by atoms with Crippen LogP contribution in [0.1, 0.15) is 12.5 Å². The van der Waals surface area contributed by atoms with Gasteiger partial charge in [0, 0.05) is 24.8 Å². The number of rotatable bonds is 4. The normalized spacial score (nSPS) is 13.0. The summed E-state index contributed by atoms with van der Waals surface area (Å²) < 4.78 is 1.14. The molecule has 0 bridgehead atoms. The van der Waals surface area contributed by atoms with Gasteiger partial charge in [0.15, 0.2) is 0 Å². The van der Waals surface area contributed by atoms with Crippen molar-refractivity contribution in [3.05, 3.63) is 41.3 Å². The molecule has 0 radical (unpaired) electrons. The molecule has 3 rings (SSSR count). The topological polar surface area (TPSA) is 49.4 Å². The van der Waals surface area contributed by atoms with E-state index in [1.54, 1.807) is 23.2 Å². The maximum Gasteiger partial charge on any atom is 0.234 e. The molecule has 0 saturated carbocycles. The maximum atomic E-state index is 12.0. The summed E-state index contributed by atoms with van der Waals surface area (Å²) in [6, 6.07) is 9.71. The molecule has 0 spiro atoms. The second-order valence-corrected chi connectivity index (χ2v) is 7.26. The number of nitrogens with one attached hydrogen (secondary N) is 1. The molecule has 0 unspecified atom stereocenters. The zero-order chi connectivity index (χ0) is 15.5.